The number of amides is 2. The van der Waals surface area contributed by atoms with Crippen molar-refractivity contribution in [3.63, 3.8) is 0 Å². The van der Waals surface area contributed by atoms with Gasteiger partial charge >= 0.3 is 6.09 Å². The minimum atomic E-state index is -1.03. The van der Waals surface area contributed by atoms with E-state index in [1.165, 1.54) is 4.68 Å². The molecule has 1 saturated carbocycles. The van der Waals surface area contributed by atoms with Gasteiger partial charge in [0, 0.05) is 12.2 Å². The van der Waals surface area contributed by atoms with Gasteiger partial charge in [0.1, 0.15) is 17.2 Å². The number of nitrogens with one attached hydrogen (secondary N) is 2. The Balaban J connectivity index is 1.49. The van der Waals surface area contributed by atoms with Crippen LogP contribution in [0.4, 0.5) is 10.6 Å². The molecule has 1 fully saturated rings. The highest BCUT2D eigenvalue weighted by Crippen LogP contribution is 2.38. The van der Waals surface area contributed by atoms with Gasteiger partial charge in [-0.05, 0) is 72.4 Å². The second-order valence-corrected chi connectivity index (χ2v) is 8.08. The molecular formula is C21H24N8O4. The highest BCUT2D eigenvalue weighted by Gasteiger charge is 2.32. The molecule has 12 heteroatoms. The maximum Gasteiger partial charge on any atom is 0.404 e. The molecule has 0 unspecified atom stereocenters. The zero-order valence-corrected chi connectivity index (χ0v) is 18.1. The third-order valence-corrected chi connectivity index (χ3v) is 5.68. The molecule has 172 valence electrons. The number of pyridine rings is 2. The largest absolute Gasteiger partial charge is 0.465 e. The molecule has 0 spiro atoms. The maximum absolute atomic E-state index is 12.9. The highest BCUT2D eigenvalue weighted by molar-refractivity contribution is 6.02. The van der Waals surface area contributed by atoms with Crippen LogP contribution in [0.3, 0.4) is 0 Å². The van der Waals surface area contributed by atoms with E-state index in [-0.39, 0.29) is 30.3 Å². The molecule has 2 amide bonds. The second-order valence-electron chi connectivity index (χ2n) is 8.08. The number of nitrogens with zero attached hydrogens (tertiary/aromatic N) is 6. The van der Waals surface area contributed by atoms with Crippen LogP contribution in [0.5, 0.6) is 0 Å². The third-order valence-electron chi connectivity index (χ3n) is 5.68. The monoisotopic (exact) mass is 452 g/mol. The lowest BCUT2D eigenvalue weighted by Crippen LogP contribution is -2.42. The summed E-state index contributed by atoms with van der Waals surface area (Å²) in [4.78, 5) is 32.3. The summed E-state index contributed by atoms with van der Waals surface area (Å²) in [5.74, 6) is 0.439. The fraction of sp³-hybridized carbons (Fsp3) is 0.381. The number of anilines is 1. The number of rotatable bonds is 7. The number of aryl methyl sites for hydroxylation is 1. The third kappa shape index (κ3) is 4.80. The van der Waals surface area contributed by atoms with E-state index in [4.69, 9.17) is 5.11 Å². The molecule has 4 N–H and O–H groups in total. The van der Waals surface area contributed by atoms with Gasteiger partial charge in [-0.2, -0.15) is 0 Å². The fourth-order valence-corrected chi connectivity index (χ4v) is 3.81. The molecule has 0 saturated heterocycles. The first kappa shape index (κ1) is 22.3. The maximum atomic E-state index is 12.9. The predicted octanol–water partition coefficient (Wildman–Crippen LogP) is 1.76. The minimum Gasteiger partial charge on any atom is -0.465 e. The summed E-state index contributed by atoms with van der Waals surface area (Å²) in [6.07, 6.45) is 1.99. The van der Waals surface area contributed by atoms with Crippen LogP contribution in [0.2, 0.25) is 0 Å². The van der Waals surface area contributed by atoms with Crippen LogP contribution in [0.25, 0.3) is 11.5 Å². The SMILES string of the molecule is Cc1cnc(C(=O)Nc2cccc(-c3nnnn3[C@H](C)CO)n2)cc1C1CC(NC(=O)O)C1. The van der Waals surface area contributed by atoms with Gasteiger partial charge in [-0.15, -0.1) is 5.10 Å². The Kier molecular flexibility index (Phi) is 6.27. The lowest BCUT2D eigenvalue weighted by molar-refractivity contribution is 0.102. The van der Waals surface area contributed by atoms with Gasteiger partial charge < -0.3 is 20.8 Å². The molecule has 0 bridgehead atoms. The van der Waals surface area contributed by atoms with E-state index in [9.17, 15) is 14.7 Å². The first-order valence-electron chi connectivity index (χ1n) is 10.5. The fourth-order valence-electron chi connectivity index (χ4n) is 3.81. The van der Waals surface area contributed by atoms with E-state index < -0.39 is 12.0 Å². The van der Waals surface area contributed by atoms with Gasteiger partial charge in [0.2, 0.25) is 5.82 Å². The smallest absolute Gasteiger partial charge is 0.404 e. The van der Waals surface area contributed by atoms with Crippen molar-refractivity contribution in [1.82, 2.24) is 35.5 Å². The average molecular weight is 452 g/mol. The summed E-state index contributed by atoms with van der Waals surface area (Å²) in [7, 11) is 0. The lowest BCUT2D eigenvalue weighted by atomic mass is 9.75. The van der Waals surface area contributed by atoms with Crippen molar-refractivity contribution in [2.45, 2.75) is 44.7 Å². The molecule has 1 aliphatic carbocycles. The Labute approximate surface area is 189 Å². The highest BCUT2D eigenvalue weighted by atomic mass is 16.4. The quantitative estimate of drug-likeness (QED) is 0.417. The van der Waals surface area contributed by atoms with Gasteiger partial charge in [0.15, 0.2) is 0 Å². The Hall–Kier alpha value is -3.93. The van der Waals surface area contributed by atoms with Gasteiger partial charge in [-0.3, -0.25) is 9.78 Å². The number of carboxylic acid groups (broad SMARTS) is 1. The van der Waals surface area contributed by atoms with Gasteiger partial charge in [0.25, 0.3) is 5.91 Å². The summed E-state index contributed by atoms with van der Waals surface area (Å²) in [6.45, 7) is 3.56. The summed E-state index contributed by atoms with van der Waals surface area (Å²) < 4.78 is 1.47. The molecule has 3 aromatic heterocycles. The number of aromatic nitrogens is 6. The summed E-state index contributed by atoms with van der Waals surface area (Å²) in [5, 5.41) is 35.0. The Bertz CT molecular complexity index is 1170. The predicted molar refractivity (Wildman–Crippen MR) is 117 cm³/mol. The van der Waals surface area contributed by atoms with E-state index in [2.05, 4.69) is 36.1 Å². The zero-order valence-electron chi connectivity index (χ0n) is 18.1. The van der Waals surface area contributed by atoms with Crippen molar-refractivity contribution in [2.75, 3.05) is 11.9 Å². The number of tetrazole rings is 1. The Morgan fingerprint density at radius 2 is 2.09 bits per heavy atom. The van der Waals surface area contributed by atoms with E-state index in [0.29, 0.717) is 30.2 Å². The molecule has 3 heterocycles. The molecule has 0 radical (unpaired) electrons. The van der Waals surface area contributed by atoms with Crippen LogP contribution >= 0.6 is 0 Å². The molecule has 4 rings (SSSR count). The number of carbonyl (C=O) groups is 2. The average Bonchev–Trinajstić information content (AvgIpc) is 3.26. The standard InChI is InChI=1S/C21H24N8O4/c1-11-9-22-17(8-15(11)13-6-14(7-13)23-21(32)33)20(31)25-18-5-3-4-16(24-18)19-26-27-28-29(19)12(2)10-30/h3-5,8-9,12-14,23,30H,6-7,10H2,1-2H3,(H,32,33)(H,24,25,31)/t12-,13?,14?/m1/s1. The van der Waals surface area contributed by atoms with Gasteiger partial charge in [-0.25, -0.2) is 14.5 Å². The van der Waals surface area contributed by atoms with Crippen molar-refractivity contribution >= 4 is 17.8 Å². The van der Waals surface area contributed by atoms with Crippen molar-refractivity contribution in [1.29, 1.82) is 0 Å². The van der Waals surface area contributed by atoms with Crippen LogP contribution in [0, 0.1) is 6.92 Å². The van der Waals surface area contributed by atoms with Crippen LogP contribution in [-0.2, 0) is 0 Å². The summed E-state index contributed by atoms with van der Waals surface area (Å²) >= 11 is 0. The van der Waals surface area contributed by atoms with Gasteiger partial charge in [-0.1, -0.05) is 6.07 Å². The molecule has 12 nitrogen and oxygen atoms in total. The molecule has 1 atom stereocenters. The van der Waals surface area contributed by atoms with E-state index in [0.717, 1.165) is 11.1 Å². The summed E-state index contributed by atoms with van der Waals surface area (Å²) in [5.41, 5.74) is 2.63. The Morgan fingerprint density at radius 3 is 2.82 bits per heavy atom. The normalized spacial score (nSPS) is 18.3. The summed E-state index contributed by atoms with van der Waals surface area (Å²) in [6, 6.07) is 6.42. The first-order valence-corrected chi connectivity index (χ1v) is 10.5. The molecule has 0 aromatic carbocycles. The number of carbonyl (C=O) groups excluding carboxylic acids is 1. The molecular weight excluding hydrogens is 428 g/mol. The first-order chi connectivity index (χ1) is 15.9. The number of aliphatic hydroxyl groups is 1. The van der Waals surface area contributed by atoms with Crippen LogP contribution in [0.1, 0.15) is 53.3 Å². The number of hydrogen-bond donors (Lipinski definition) is 4. The topological polar surface area (TPSA) is 168 Å². The molecule has 3 aromatic rings. The number of aliphatic hydroxyl groups excluding tert-OH is 1. The van der Waals surface area contributed by atoms with Crippen molar-refractivity contribution < 1.29 is 19.8 Å². The van der Waals surface area contributed by atoms with Crippen molar-refractivity contribution in [2.24, 2.45) is 0 Å². The molecule has 33 heavy (non-hydrogen) atoms. The van der Waals surface area contributed by atoms with E-state index in [1.54, 1.807) is 37.4 Å². The number of hydrogen-bond acceptors (Lipinski definition) is 8. The van der Waals surface area contributed by atoms with Gasteiger partial charge in [0.05, 0.1) is 12.6 Å². The van der Waals surface area contributed by atoms with Crippen molar-refractivity contribution in [3.8, 4) is 11.5 Å². The van der Waals surface area contributed by atoms with Crippen LogP contribution in [-0.4, -0.2) is 65.0 Å². The van der Waals surface area contributed by atoms with Crippen LogP contribution < -0.4 is 10.6 Å². The zero-order chi connectivity index (χ0) is 23.5. The second kappa shape index (κ2) is 9.28. The Morgan fingerprint density at radius 1 is 1.30 bits per heavy atom. The van der Waals surface area contributed by atoms with E-state index >= 15 is 0 Å². The lowest BCUT2D eigenvalue weighted by Gasteiger charge is -2.36. The van der Waals surface area contributed by atoms with Crippen LogP contribution in [0.15, 0.2) is 30.5 Å². The molecule has 0 aliphatic heterocycles. The molecule has 1 aliphatic rings. The van der Waals surface area contributed by atoms with Crippen molar-refractivity contribution in [3.05, 3.63) is 47.3 Å². The van der Waals surface area contributed by atoms with E-state index in [1.807, 2.05) is 6.92 Å². The minimum absolute atomic E-state index is 0.0747.